The summed E-state index contributed by atoms with van der Waals surface area (Å²) < 4.78 is 28.3. The number of amides is 1. The number of benzene rings is 1. The van der Waals surface area contributed by atoms with E-state index in [0.29, 0.717) is 31.6 Å². The van der Waals surface area contributed by atoms with Crippen LogP contribution in [0.1, 0.15) is 31.2 Å². The molecule has 4 N–H and O–H groups in total. The van der Waals surface area contributed by atoms with Crippen LogP contribution in [0.2, 0.25) is 0 Å². The Labute approximate surface area is 128 Å². The van der Waals surface area contributed by atoms with Crippen molar-refractivity contribution < 1.29 is 18.4 Å². The minimum atomic E-state index is -0.923. The molecule has 5 nitrogen and oxygen atoms in total. The van der Waals surface area contributed by atoms with Crippen LogP contribution < -0.4 is 16.4 Å². The molecule has 0 aromatic heterocycles. The summed E-state index contributed by atoms with van der Waals surface area (Å²) in [5, 5.41) is 0. The van der Waals surface area contributed by atoms with E-state index >= 15 is 0 Å². The summed E-state index contributed by atoms with van der Waals surface area (Å²) in [4.78, 5) is 21.2. The number of anilines is 1. The average Bonchev–Trinajstić information content (AvgIpc) is 2.44. The quantitative estimate of drug-likeness (QED) is 0.857. The lowest BCUT2D eigenvalue weighted by Crippen LogP contribution is -2.55. The summed E-state index contributed by atoms with van der Waals surface area (Å²) in [5.74, 6) is -3.08. The molecule has 1 aliphatic heterocycles. The van der Waals surface area contributed by atoms with Crippen LogP contribution in [0, 0.1) is 11.6 Å². The number of hydrogen-bond donors (Lipinski definition) is 2. The number of carbonyl (C=O) groups is 2. The maximum Gasteiger partial charge on any atom is 0.225 e. The van der Waals surface area contributed by atoms with Crippen LogP contribution >= 0.6 is 0 Å². The van der Waals surface area contributed by atoms with Crippen LogP contribution in [0.4, 0.5) is 14.5 Å². The highest BCUT2D eigenvalue weighted by Gasteiger charge is 2.28. The Balaban J connectivity index is 0.00000116. The molecule has 0 bridgehead atoms. The molecule has 1 heterocycles. The highest BCUT2D eigenvalue weighted by atomic mass is 19.1. The van der Waals surface area contributed by atoms with Crippen molar-refractivity contribution in [3.63, 3.8) is 0 Å². The fourth-order valence-corrected chi connectivity index (χ4v) is 2.53. The van der Waals surface area contributed by atoms with Crippen LogP contribution in [0.3, 0.4) is 0 Å². The van der Waals surface area contributed by atoms with Gasteiger partial charge in [-0.25, -0.2) is 8.78 Å². The van der Waals surface area contributed by atoms with E-state index in [1.165, 1.54) is 12.1 Å². The van der Waals surface area contributed by atoms with Gasteiger partial charge in [0.15, 0.2) is 0 Å². The predicted octanol–water partition coefficient (Wildman–Crippen LogP) is 1.30. The summed E-state index contributed by atoms with van der Waals surface area (Å²) in [6.45, 7) is 4.99. The third-order valence-electron chi connectivity index (χ3n) is 3.61. The Morgan fingerprint density at radius 1 is 1.36 bits per heavy atom. The van der Waals surface area contributed by atoms with E-state index < -0.39 is 23.5 Å². The normalized spacial score (nSPS) is 15.5. The van der Waals surface area contributed by atoms with Gasteiger partial charge in [0.2, 0.25) is 5.91 Å². The molecule has 1 saturated heterocycles. The van der Waals surface area contributed by atoms with Crippen molar-refractivity contribution >= 4 is 18.4 Å². The molecule has 1 amide bonds. The van der Waals surface area contributed by atoms with Crippen LogP contribution in [0.25, 0.3) is 0 Å². The lowest BCUT2D eigenvalue weighted by atomic mass is 9.92. The molecule has 1 aliphatic rings. The molecule has 2 rings (SSSR count). The Morgan fingerprint density at radius 3 is 2.23 bits per heavy atom. The second-order valence-corrected chi connectivity index (χ2v) is 5.23. The van der Waals surface area contributed by atoms with E-state index in [0.717, 1.165) is 0 Å². The third kappa shape index (κ3) is 3.79. The van der Waals surface area contributed by atoms with Crippen molar-refractivity contribution in [2.75, 3.05) is 18.0 Å². The minimum Gasteiger partial charge on any atom is -0.369 e. The molecule has 0 saturated carbocycles. The van der Waals surface area contributed by atoms with Crippen molar-refractivity contribution in [1.82, 2.24) is 0 Å². The number of nitrogens with two attached hydrogens (primary N) is 2. The first-order valence-corrected chi connectivity index (χ1v) is 7.01. The standard InChI is InChI=1S/C14H19F2N3O.CH2O/c1-2-3-10(14(18)20)13-11(15)4-9(5-12(13)16)19-6-8(17)7-19;1-2/h4-5,8,10H,2-3,6-7,17H2,1H3,(H2,18,20);1H2. The van der Waals surface area contributed by atoms with Crippen molar-refractivity contribution in [1.29, 1.82) is 0 Å². The topological polar surface area (TPSA) is 89.4 Å². The number of halogens is 2. The van der Waals surface area contributed by atoms with E-state index in [1.807, 2.05) is 13.7 Å². The van der Waals surface area contributed by atoms with E-state index in [4.69, 9.17) is 16.3 Å². The van der Waals surface area contributed by atoms with Gasteiger partial charge < -0.3 is 21.2 Å². The van der Waals surface area contributed by atoms with Gasteiger partial charge in [-0.2, -0.15) is 0 Å². The zero-order chi connectivity index (χ0) is 16.9. The predicted molar refractivity (Wildman–Crippen MR) is 80.5 cm³/mol. The molecule has 7 heteroatoms. The number of carbonyl (C=O) groups excluding carboxylic acids is 2. The Hall–Kier alpha value is -2.02. The van der Waals surface area contributed by atoms with E-state index in [2.05, 4.69) is 0 Å². The summed E-state index contributed by atoms with van der Waals surface area (Å²) in [6, 6.07) is 2.53. The number of rotatable bonds is 5. The van der Waals surface area contributed by atoms with Gasteiger partial charge in [-0.15, -0.1) is 0 Å². The summed E-state index contributed by atoms with van der Waals surface area (Å²) in [7, 11) is 0. The van der Waals surface area contributed by atoms with Crippen molar-refractivity contribution in [2.45, 2.75) is 31.7 Å². The number of hydrogen-bond acceptors (Lipinski definition) is 4. The van der Waals surface area contributed by atoms with E-state index in [-0.39, 0.29) is 11.6 Å². The molecule has 1 atom stereocenters. The smallest absolute Gasteiger partial charge is 0.225 e. The zero-order valence-electron chi connectivity index (χ0n) is 12.5. The Kier molecular flexibility index (Phi) is 6.42. The third-order valence-corrected chi connectivity index (χ3v) is 3.61. The molecular weight excluding hydrogens is 292 g/mol. The van der Waals surface area contributed by atoms with Gasteiger partial charge in [0, 0.05) is 30.4 Å². The maximum absolute atomic E-state index is 14.2. The summed E-state index contributed by atoms with van der Waals surface area (Å²) in [6.07, 6.45) is 0.951. The van der Waals surface area contributed by atoms with Crippen LogP contribution in [-0.4, -0.2) is 31.8 Å². The SMILES string of the molecule is C=O.CCCC(C(N)=O)c1c(F)cc(N2CC(N)C2)cc1F. The van der Waals surface area contributed by atoms with Crippen LogP contribution in [0.5, 0.6) is 0 Å². The van der Waals surface area contributed by atoms with Gasteiger partial charge in [-0.3, -0.25) is 4.79 Å². The Morgan fingerprint density at radius 2 is 1.86 bits per heavy atom. The second kappa shape index (κ2) is 7.84. The number of nitrogens with zero attached hydrogens (tertiary/aromatic N) is 1. The first kappa shape index (κ1) is 18.0. The molecule has 1 unspecified atom stereocenters. The fraction of sp³-hybridized carbons (Fsp3) is 0.467. The fourth-order valence-electron chi connectivity index (χ4n) is 2.53. The minimum absolute atomic E-state index is 0.0410. The molecule has 1 fully saturated rings. The molecular formula is C15H21F2N3O2. The highest BCUT2D eigenvalue weighted by Crippen LogP contribution is 2.31. The maximum atomic E-state index is 14.2. The Bertz CT molecular complexity index is 511. The summed E-state index contributed by atoms with van der Waals surface area (Å²) >= 11 is 0. The molecule has 1 aromatic carbocycles. The van der Waals surface area contributed by atoms with Crippen LogP contribution in [-0.2, 0) is 9.59 Å². The van der Waals surface area contributed by atoms with Crippen molar-refractivity contribution in [2.24, 2.45) is 11.5 Å². The summed E-state index contributed by atoms with van der Waals surface area (Å²) in [5.41, 5.74) is 11.1. The van der Waals surface area contributed by atoms with E-state index in [1.54, 1.807) is 4.90 Å². The van der Waals surface area contributed by atoms with Crippen molar-refractivity contribution in [3.05, 3.63) is 29.3 Å². The average molecular weight is 313 g/mol. The molecule has 0 aliphatic carbocycles. The monoisotopic (exact) mass is 313 g/mol. The second-order valence-electron chi connectivity index (χ2n) is 5.23. The lowest BCUT2D eigenvalue weighted by molar-refractivity contribution is -0.119. The highest BCUT2D eigenvalue weighted by molar-refractivity contribution is 5.82. The first-order valence-electron chi connectivity index (χ1n) is 7.01. The van der Waals surface area contributed by atoms with E-state index in [9.17, 15) is 13.6 Å². The molecule has 122 valence electrons. The van der Waals surface area contributed by atoms with Gasteiger partial charge in [0.05, 0.1) is 5.92 Å². The molecule has 0 spiro atoms. The lowest BCUT2D eigenvalue weighted by Gasteiger charge is -2.39. The first-order chi connectivity index (χ1) is 10.4. The van der Waals surface area contributed by atoms with Gasteiger partial charge in [0.1, 0.15) is 18.4 Å². The van der Waals surface area contributed by atoms with Gasteiger partial charge in [-0.05, 0) is 18.6 Å². The van der Waals surface area contributed by atoms with Crippen LogP contribution in [0.15, 0.2) is 12.1 Å². The number of primary amides is 1. The molecule has 0 radical (unpaired) electrons. The molecule has 1 aromatic rings. The molecule has 22 heavy (non-hydrogen) atoms. The van der Waals surface area contributed by atoms with Gasteiger partial charge in [0.25, 0.3) is 0 Å². The zero-order valence-corrected chi connectivity index (χ0v) is 12.5. The largest absolute Gasteiger partial charge is 0.369 e. The van der Waals surface area contributed by atoms with Gasteiger partial charge in [-0.1, -0.05) is 13.3 Å². The van der Waals surface area contributed by atoms with Gasteiger partial charge >= 0.3 is 0 Å². The van der Waals surface area contributed by atoms with Crippen molar-refractivity contribution in [3.8, 4) is 0 Å².